The number of hydrogen-bond acceptors (Lipinski definition) is 4. The fourth-order valence-corrected chi connectivity index (χ4v) is 3.53. The summed E-state index contributed by atoms with van der Waals surface area (Å²) in [6.07, 6.45) is 0. The lowest BCUT2D eigenvalue weighted by Gasteiger charge is -2.14. The topological polar surface area (TPSA) is 86.9 Å². The second-order valence-corrected chi connectivity index (χ2v) is 7.13. The molecular weight excluding hydrogens is 372 g/mol. The van der Waals surface area contributed by atoms with E-state index >= 15 is 0 Å². The monoisotopic (exact) mass is 390 g/mol. The molecule has 0 saturated carbocycles. The van der Waals surface area contributed by atoms with Crippen LogP contribution >= 0.6 is 11.3 Å². The van der Waals surface area contributed by atoms with Crippen LogP contribution in [0.25, 0.3) is 11.0 Å². The molecule has 6 nitrogen and oxygen atoms in total. The standard InChI is InChI=1S/C21H18N4O2S/c1-13(19-23-17-8-4-5-9-18(17)24-19)22-21(27)15-6-2-3-7-16(15)25-20(26)14-10-11-28-12-14/h2-13H,1H3,(H,22,27)(H,23,24)(H,25,26). The number of H-pyrrole nitrogens is 1. The lowest BCUT2D eigenvalue weighted by molar-refractivity contribution is 0.0939. The second kappa shape index (κ2) is 7.66. The number of fused-ring (bicyclic) bond motifs is 1. The maximum absolute atomic E-state index is 12.8. The van der Waals surface area contributed by atoms with Gasteiger partial charge in [0.1, 0.15) is 5.82 Å². The molecule has 0 fully saturated rings. The Kier molecular flexibility index (Phi) is 4.90. The highest BCUT2D eigenvalue weighted by Gasteiger charge is 2.18. The predicted molar refractivity (Wildman–Crippen MR) is 111 cm³/mol. The van der Waals surface area contributed by atoms with Gasteiger partial charge in [0, 0.05) is 5.38 Å². The maximum Gasteiger partial charge on any atom is 0.256 e. The Morgan fingerprint density at radius 1 is 1.04 bits per heavy atom. The molecule has 1 unspecified atom stereocenters. The fraction of sp³-hybridized carbons (Fsp3) is 0.0952. The average molecular weight is 390 g/mol. The summed E-state index contributed by atoms with van der Waals surface area (Å²) in [5.74, 6) is 0.148. The van der Waals surface area contributed by atoms with Crippen LogP contribution in [0.1, 0.15) is 39.5 Å². The Morgan fingerprint density at radius 2 is 1.82 bits per heavy atom. The third-order valence-corrected chi connectivity index (χ3v) is 5.05. The van der Waals surface area contributed by atoms with E-state index in [4.69, 9.17) is 0 Å². The number of anilines is 1. The van der Waals surface area contributed by atoms with Gasteiger partial charge in [0.05, 0.1) is 33.9 Å². The molecule has 0 aliphatic carbocycles. The average Bonchev–Trinajstić information content (AvgIpc) is 3.38. The van der Waals surface area contributed by atoms with Crippen molar-refractivity contribution in [1.29, 1.82) is 0 Å². The Morgan fingerprint density at radius 3 is 2.61 bits per heavy atom. The summed E-state index contributed by atoms with van der Waals surface area (Å²) in [4.78, 5) is 32.9. The van der Waals surface area contributed by atoms with Crippen molar-refractivity contribution in [2.24, 2.45) is 0 Å². The third-order valence-electron chi connectivity index (χ3n) is 4.37. The Bertz CT molecular complexity index is 1100. The first-order valence-electron chi connectivity index (χ1n) is 8.80. The molecule has 7 heteroatoms. The number of carbonyl (C=O) groups is 2. The number of rotatable bonds is 5. The van der Waals surface area contributed by atoms with E-state index in [-0.39, 0.29) is 17.9 Å². The van der Waals surface area contributed by atoms with Gasteiger partial charge in [0.25, 0.3) is 11.8 Å². The van der Waals surface area contributed by atoms with Crippen LogP contribution in [0.4, 0.5) is 5.69 Å². The van der Waals surface area contributed by atoms with Crippen molar-refractivity contribution in [3.63, 3.8) is 0 Å². The summed E-state index contributed by atoms with van der Waals surface area (Å²) in [7, 11) is 0. The maximum atomic E-state index is 12.8. The van der Waals surface area contributed by atoms with E-state index < -0.39 is 0 Å². The first-order chi connectivity index (χ1) is 13.6. The first kappa shape index (κ1) is 17.9. The highest BCUT2D eigenvalue weighted by atomic mass is 32.1. The van der Waals surface area contributed by atoms with Gasteiger partial charge in [-0.1, -0.05) is 24.3 Å². The van der Waals surface area contributed by atoms with Crippen molar-refractivity contribution >= 4 is 39.9 Å². The molecule has 4 aromatic rings. The zero-order valence-electron chi connectivity index (χ0n) is 15.1. The number of aromatic nitrogens is 2. The van der Waals surface area contributed by atoms with E-state index in [1.165, 1.54) is 11.3 Å². The number of hydrogen-bond donors (Lipinski definition) is 3. The van der Waals surface area contributed by atoms with Crippen LogP contribution in [0.15, 0.2) is 65.4 Å². The molecule has 140 valence electrons. The van der Waals surface area contributed by atoms with Gasteiger partial charge in [-0.05, 0) is 42.6 Å². The van der Waals surface area contributed by atoms with Gasteiger partial charge in [-0.3, -0.25) is 9.59 Å². The first-order valence-corrected chi connectivity index (χ1v) is 9.74. The zero-order valence-corrected chi connectivity index (χ0v) is 15.9. The third kappa shape index (κ3) is 3.65. The van der Waals surface area contributed by atoms with Crippen LogP contribution in [0.5, 0.6) is 0 Å². The molecule has 28 heavy (non-hydrogen) atoms. The SMILES string of the molecule is CC(NC(=O)c1ccccc1NC(=O)c1ccsc1)c1nc2ccccc2[nH]1. The molecule has 0 radical (unpaired) electrons. The summed E-state index contributed by atoms with van der Waals surface area (Å²) in [6.45, 7) is 1.86. The predicted octanol–water partition coefficient (Wildman–Crippen LogP) is 4.37. The number of imidazole rings is 1. The number of benzene rings is 2. The Hall–Kier alpha value is -3.45. The van der Waals surface area contributed by atoms with Gasteiger partial charge in [0.15, 0.2) is 0 Å². The highest BCUT2D eigenvalue weighted by Crippen LogP contribution is 2.20. The lowest BCUT2D eigenvalue weighted by atomic mass is 10.1. The van der Waals surface area contributed by atoms with Crippen LogP contribution < -0.4 is 10.6 Å². The molecule has 3 N–H and O–H groups in total. The molecule has 2 aromatic heterocycles. The van der Waals surface area contributed by atoms with E-state index in [1.807, 2.05) is 36.6 Å². The molecule has 0 aliphatic rings. The Labute approximate surface area is 165 Å². The summed E-state index contributed by atoms with van der Waals surface area (Å²) in [6, 6.07) is 16.1. The summed E-state index contributed by atoms with van der Waals surface area (Å²) in [5.41, 5.74) is 3.20. The number of carbonyl (C=O) groups excluding carboxylic acids is 2. The van der Waals surface area contributed by atoms with Crippen molar-refractivity contribution in [3.8, 4) is 0 Å². The molecule has 2 heterocycles. The highest BCUT2D eigenvalue weighted by molar-refractivity contribution is 7.08. The van der Waals surface area contributed by atoms with E-state index in [0.29, 0.717) is 22.6 Å². The van der Waals surface area contributed by atoms with E-state index in [0.717, 1.165) is 11.0 Å². The van der Waals surface area contributed by atoms with E-state index in [9.17, 15) is 9.59 Å². The normalized spacial score (nSPS) is 11.9. The molecule has 0 saturated heterocycles. The van der Waals surface area contributed by atoms with Crippen molar-refractivity contribution in [1.82, 2.24) is 15.3 Å². The molecular formula is C21H18N4O2S. The number of amides is 2. The molecule has 2 aromatic carbocycles. The summed E-state index contributed by atoms with van der Waals surface area (Å²) >= 11 is 1.45. The number of aromatic amines is 1. The van der Waals surface area contributed by atoms with Crippen molar-refractivity contribution in [2.75, 3.05) is 5.32 Å². The largest absolute Gasteiger partial charge is 0.342 e. The number of para-hydroxylation sites is 3. The molecule has 0 spiro atoms. The second-order valence-electron chi connectivity index (χ2n) is 6.35. The lowest BCUT2D eigenvalue weighted by Crippen LogP contribution is -2.28. The van der Waals surface area contributed by atoms with Crippen molar-refractivity contribution in [3.05, 3.63) is 82.3 Å². The molecule has 2 amide bonds. The van der Waals surface area contributed by atoms with E-state index in [1.54, 1.807) is 35.7 Å². The number of thiophene rings is 1. The molecule has 1 atom stereocenters. The number of nitrogens with zero attached hydrogens (tertiary/aromatic N) is 1. The van der Waals surface area contributed by atoms with Gasteiger partial charge < -0.3 is 15.6 Å². The minimum Gasteiger partial charge on any atom is -0.342 e. The van der Waals surface area contributed by atoms with Crippen LogP contribution in [-0.2, 0) is 0 Å². The molecule has 4 rings (SSSR count). The fourth-order valence-electron chi connectivity index (χ4n) is 2.90. The van der Waals surface area contributed by atoms with Gasteiger partial charge in [0.2, 0.25) is 0 Å². The van der Waals surface area contributed by atoms with E-state index in [2.05, 4.69) is 20.6 Å². The van der Waals surface area contributed by atoms with Crippen molar-refractivity contribution < 1.29 is 9.59 Å². The molecule has 0 bridgehead atoms. The van der Waals surface area contributed by atoms with Crippen LogP contribution in [0.2, 0.25) is 0 Å². The summed E-state index contributed by atoms with van der Waals surface area (Å²) < 4.78 is 0. The minimum atomic E-state index is -0.319. The summed E-state index contributed by atoms with van der Waals surface area (Å²) in [5, 5.41) is 9.35. The van der Waals surface area contributed by atoms with Gasteiger partial charge in [-0.25, -0.2) is 4.98 Å². The van der Waals surface area contributed by atoms with Gasteiger partial charge in [-0.15, -0.1) is 0 Å². The van der Waals surface area contributed by atoms with Gasteiger partial charge >= 0.3 is 0 Å². The smallest absolute Gasteiger partial charge is 0.256 e. The van der Waals surface area contributed by atoms with Crippen molar-refractivity contribution in [2.45, 2.75) is 13.0 Å². The zero-order chi connectivity index (χ0) is 19.5. The quantitative estimate of drug-likeness (QED) is 0.473. The van der Waals surface area contributed by atoms with Crippen LogP contribution in [0.3, 0.4) is 0 Å². The van der Waals surface area contributed by atoms with Crippen LogP contribution in [-0.4, -0.2) is 21.8 Å². The van der Waals surface area contributed by atoms with Crippen LogP contribution in [0, 0.1) is 0 Å². The minimum absolute atomic E-state index is 0.244. The van der Waals surface area contributed by atoms with Gasteiger partial charge in [-0.2, -0.15) is 11.3 Å². The number of nitrogens with one attached hydrogen (secondary N) is 3. The Balaban J connectivity index is 1.52. The molecule has 0 aliphatic heterocycles.